The molecule has 0 radical (unpaired) electrons. The first-order valence-corrected chi connectivity index (χ1v) is 5.75. The predicted molar refractivity (Wildman–Crippen MR) is 66.1 cm³/mol. The molecule has 0 spiro atoms. The monoisotopic (exact) mass is 253 g/mol. The van der Waals surface area contributed by atoms with Crippen LogP contribution in [0.5, 0.6) is 0 Å². The van der Waals surface area contributed by atoms with Gasteiger partial charge in [-0.3, -0.25) is 9.89 Å². The van der Waals surface area contributed by atoms with E-state index in [-0.39, 0.29) is 12.3 Å². The summed E-state index contributed by atoms with van der Waals surface area (Å²) >= 11 is 0. The third kappa shape index (κ3) is 2.88. The van der Waals surface area contributed by atoms with Crippen LogP contribution in [0.1, 0.15) is 31.5 Å². The number of rotatable bonds is 5. The van der Waals surface area contributed by atoms with Gasteiger partial charge in [-0.05, 0) is 32.8 Å². The topological polar surface area (TPSA) is 86.3 Å². The number of likely N-dealkylation sites (N-methyl/N-ethyl adjacent to an activating group) is 1. The van der Waals surface area contributed by atoms with Gasteiger partial charge in [0.1, 0.15) is 5.54 Å². The number of nitrogens with one attached hydrogen (secondary N) is 1. The minimum absolute atomic E-state index is 0.192. The first-order valence-electron chi connectivity index (χ1n) is 5.75. The van der Waals surface area contributed by atoms with Crippen molar-refractivity contribution in [2.45, 2.75) is 39.2 Å². The Bertz CT molecular complexity index is 451. The number of hydrogen-bond donors (Lipinski definition) is 2. The van der Waals surface area contributed by atoms with E-state index in [0.29, 0.717) is 6.42 Å². The summed E-state index contributed by atoms with van der Waals surface area (Å²) in [4.78, 5) is 24.2. The Hall–Kier alpha value is -1.85. The van der Waals surface area contributed by atoms with E-state index in [0.717, 1.165) is 11.3 Å². The quantitative estimate of drug-likeness (QED) is 0.818. The molecule has 18 heavy (non-hydrogen) atoms. The highest BCUT2D eigenvalue weighted by Crippen LogP contribution is 2.15. The fourth-order valence-electron chi connectivity index (χ4n) is 1.49. The van der Waals surface area contributed by atoms with Crippen LogP contribution < -0.4 is 0 Å². The van der Waals surface area contributed by atoms with Crippen molar-refractivity contribution in [2.75, 3.05) is 7.05 Å². The van der Waals surface area contributed by atoms with Gasteiger partial charge in [-0.25, -0.2) is 4.79 Å². The molecule has 0 aliphatic carbocycles. The fraction of sp³-hybridized carbons (Fsp3) is 0.583. The van der Waals surface area contributed by atoms with E-state index in [1.165, 1.54) is 25.8 Å². The van der Waals surface area contributed by atoms with E-state index in [9.17, 15) is 9.59 Å². The number of carboxylic acids is 1. The summed E-state index contributed by atoms with van der Waals surface area (Å²) in [7, 11) is 1.51. The van der Waals surface area contributed by atoms with E-state index < -0.39 is 11.5 Å². The minimum atomic E-state index is -1.19. The number of aryl methyl sites for hydroxylation is 2. The van der Waals surface area contributed by atoms with Crippen LogP contribution in [0.3, 0.4) is 0 Å². The molecule has 0 atom stereocenters. The van der Waals surface area contributed by atoms with Gasteiger partial charge in [0.05, 0.1) is 6.20 Å². The van der Waals surface area contributed by atoms with E-state index in [4.69, 9.17) is 5.11 Å². The molecule has 1 heterocycles. The maximum atomic E-state index is 11.9. The molecule has 6 heteroatoms. The Labute approximate surface area is 106 Å². The fourth-order valence-corrected chi connectivity index (χ4v) is 1.49. The largest absolute Gasteiger partial charge is 0.480 e. The van der Waals surface area contributed by atoms with Crippen LogP contribution in [0.2, 0.25) is 0 Å². The highest BCUT2D eigenvalue weighted by molar-refractivity contribution is 5.86. The number of nitrogens with zero attached hydrogens (tertiary/aromatic N) is 2. The molecule has 0 aromatic carbocycles. The van der Waals surface area contributed by atoms with Crippen molar-refractivity contribution in [3.05, 3.63) is 17.5 Å². The average Bonchev–Trinajstić information content (AvgIpc) is 2.70. The number of carbonyl (C=O) groups is 2. The molecule has 6 nitrogen and oxygen atoms in total. The first kappa shape index (κ1) is 14.2. The number of carbonyl (C=O) groups excluding carboxylic acids is 1. The Morgan fingerprint density at radius 1 is 1.50 bits per heavy atom. The smallest absolute Gasteiger partial charge is 0.329 e. The summed E-state index contributed by atoms with van der Waals surface area (Å²) in [5.74, 6) is -1.21. The lowest BCUT2D eigenvalue weighted by atomic mass is 10.0. The molecule has 0 saturated carbocycles. The molecule has 0 aliphatic rings. The number of aliphatic carboxylic acids is 1. The van der Waals surface area contributed by atoms with Gasteiger partial charge in [0, 0.05) is 19.2 Å². The molecule has 0 saturated heterocycles. The van der Waals surface area contributed by atoms with Crippen LogP contribution in [-0.4, -0.2) is 44.7 Å². The summed E-state index contributed by atoms with van der Waals surface area (Å²) in [6.45, 7) is 4.91. The molecule has 1 aromatic heterocycles. The summed E-state index contributed by atoms with van der Waals surface area (Å²) in [6, 6.07) is 0. The van der Waals surface area contributed by atoms with E-state index >= 15 is 0 Å². The zero-order chi connectivity index (χ0) is 13.9. The molecule has 1 amide bonds. The summed E-state index contributed by atoms with van der Waals surface area (Å²) < 4.78 is 0. The summed E-state index contributed by atoms with van der Waals surface area (Å²) in [6.07, 6.45) is 2.51. The van der Waals surface area contributed by atoms with E-state index in [2.05, 4.69) is 10.2 Å². The lowest BCUT2D eigenvalue weighted by Crippen LogP contribution is -2.50. The third-order valence-electron chi connectivity index (χ3n) is 3.28. The standard InChI is InChI=1S/C12H19N3O3/c1-8-9(7-13-14-8)5-6-10(16)15(4)12(2,3)11(17)18/h7H,5-6H2,1-4H3,(H,13,14)(H,17,18). The lowest BCUT2D eigenvalue weighted by Gasteiger charge is -2.31. The van der Waals surface area contributed by atoms with Crippen LogP contribution in [0.15, 0.2) is 6.20 Å². The van der Waals surface area contributed by atoms with Crippen molar-refractivity contribution in [1.82, 2.24) is 15.1 Å². The SMILES string of the molecule is Cc1[nH]ncc1CCC(=O)N(C)C(C)(C)C(=O)O. The Balaban J connectivity index is 2.61. The Kier molecular flexibility index (Phi) is 4.11. The molecular weight excluding hydrogens is 234 g/mol. The Morgan fingerprint density at radius 3 is 2.56 bits per heavy atom. The third-order valence-corrected chi connectivity index (χ3v) is 3.28. The molecule has 0 aliphatic heterocycles. The van der Waals surface area contributed by atoms with E-state index in [1.807, 2.05) is 6.92 Å². The van der Waals surface area contributed by atoms with Crippen molar-refractivity contribution in [1.29, 1.82) is 0 Å². The van der Waals surface area contributed by atoms with Crippen LogP contribution in [0.4, 0.5) is 0 Å². The number of aromatic nitrogens is 2. The van der Waals surface area contributed by atoms with Crippen LogP contribution in [-0.2, 0) is 16.0 Å². The molecule has 0 bridgehead atoms. The first-order chi connectivity index (χ1) is 8.26. The molecule has 1 aromatic rings. The summed E-state index contributed by atoms with van der Waals surface area (Å²) in [5, 5.41) is 15.7. The highest BCUT2D eigenvalue weighted by atomic mass is 16.4. The van der Waals surface area contributed by atoms with Gasteiger partial charge in [-0.2, -0.15) is 5.10 Å². The van der Waals surface area contributed by atoms with Gasteiger partial charge in [-0.1, -0.05) is 0 Å². The van der Waals surface area contributed by atoms with Gasteiger partial charge >= 0.3 is 5.97 Å². The summed E-state index contributed by atoms with van der Waals surface area (Å²) in [5.41, 5.74) is 0.718. The minimum Gasteiger partial charge on any atom is -0.480 e. The van der Waals surface area contributed by atoms with Crippen molar-refractivity contribution in [3.63, 3.8) is 0 Å². The second kappa shape index (κ2) is 5.20. The maximum Gasteiger partial charge on any atom is 0.329 e. The maximum absolute atomic E-state index is 11.9. The van der Waals surface area contributed by atoms with Gasteiger partial charge < -0.3 is 10.0 Å². The predicted octanol–water partition coefficient (Wildman–Crippen LogP) is 0.972. The van der Waals surface area contributed by atoms with Crippen molar-refractivity contribution in [3.8, 4) is 0 Å². The van der Waals surface area contributed by atoms with Gasteiger partial charge in [0.25, 0.3) is 0 Å². The lowest BCUT2D eigenvalue weighted by molar-refractivity contribution is -0.155. The molecule has 0 unspecified atom stereocenters. The Morgan fingerprint density at radius 2 is 2.11 bits per heavy atom. The van der Waals surface area contributed by atoms with Crippen LogP contribution in [0, 0.1) is 6.92 Å². The zero-order valence-corrected chi connectivity index (χ0v) is 11.1. The molecule has 1 rings (SSSR count). The number of carboxylic acid groups (broad SMARTS) is 1. The molecule has 100 valence electrons. The molecular formula is C12H19N3O3. The second-order valence-electron chi connectivity index (χ2n) is 4.84. The number of H-pyrrole nitrogens is 1. The van der Waals surface area contributed by atoms with Crippen LogP contribution >= 0.6 is 0 Å². The van der Waals surface area contributed by atoms with Crippen molar-refractivity contribution in [2.24, 2.45) is 0 Å². The van der Waals surface area contributed by atoms with Crippen molar-refractivity contribution < 1.29 is 14.7 Å². The molecule has 2 N–H and O–H groups in total. The number of aromatic amines is 1. The zero-order valence-electron chi connectivity index (χ0n) is 11.1. The highest BCUT2D eigenvalue weighted by Gasteiger charge is 2.34. The second-order valence-corrected chi connectivity index (χ2v) is 4.84. The average molecular weight is 253 g/mol. The number of amides is 1. The van der Waals surface area contributed by atoms with Gasteiger partial charge in [-0.15, -0.1) is 0 Å². The van der Waals surface area contributed by atoms with E-state index in [1.54, 1.807) is 6.20 Å². The van der Waals surface area contributed by atoms with Crippen LogP contribution in [0.25, 0.3) is 0 Å². The van der Waals surface area contributed by atoms with Gasteiger partial charge in [0.15, 0.2) is 0 Å². The normalized spacial score (nSPS) is 11.3. The number of hydrogen-bond acceptors (Lipinski definition) is 3. The van der Waals surface area contributed by atoms with Crippen molar-refractivity contribution >= 4 is 11.9 Å². The van der Waals surface area contributed by atoms with Gasteiger partial charge in [0.2, 0.25) is 5.91 Å². The molecule has 0 fully saturated rings.